The third kappa shape index (κ3) is 2.36. The summed E-state index contributed by atoms with van der Waals surface area (Å²) in [6.07, 6.45) is 2.87. The normalized spacial score (nSPS) is 34.0. The first kappa shape index (κ1) is 13.0. The number of aliphatic hydroxyl groups excluding tert-OH is 1. The van der Waals surface area contributed by atoms with E-state index < -0.39 is 0 Å². The summed E-state index contributed by atoms with van der Waals surface area (Å²) in [5.74, 6) is 2.69. The van der Waals surface area contributed by atoms with E-state index in [9.17, 15) is 5.11 Å². The summed E-state index contributed by atoms with van der Waals surface area (Å²) in [5, 5.41) is 14.8. The van der Waals surface area contributed by atoms with E-state index in [2.05, 4.69) is 17.7 Å². The van der Waals surface area contributed by atoms with Crippen LogP contribution in [-0.2, 0) is 4.74 Å². The van der Waals surface area contributed by atoms with Crippen LogP contribution in [0.2, 0.25) is 0 Å². The van der Waals surface area contributed by atoms with Crippen molar-refractivity contribution in [2.45, 2.75) is 37.9 Å². The third-order valence-corrected chi connectivity index (χ3v) is 6.36. The summed E-state index contributed by atoms with van der Waals surface area (Å²) in [4.78, 5) is 0. The topological polar surface area (TPSA) is 29.5 Å². The number of rotatable bonds is 2. The molecule has 1 aromatic rings. The molecule has 2 saturated heterocycles. The highest BCUT2D eigenvalue weighted by Gasteiger charge is 2.42. The molecule has 2 nitrogen and oxygen atoms in total. The van der Waals surface area contributed by atoms with Crippen LogP contribution in [0.3, 0.4) is 0 Å². The molecule has 0 saturated carbocycles. The fourth-order valence-electron chi connectivity index (χ4n) is 3.13. The molecule has 0 aromatic carbocycles. The number of hydrogen-bond acceptors (Lipinski definition) is 4. The molecule has 0 radical (unpaired) electrons. The molecule has 3 atom stereocenters. The number of ether oxygens (including phenoxy) is 1. The van der Waals surface area contributed by atoms with Crippen molar-refractivity contribution in [3.63, 3.8) is 0 Å². The van der Waals surface area contributed by atoms with Crippen LogP contribution in [-0.4, -0.2) is 28.8 Å². The minimum atomic E-state index is -0.303. The number of thiophene rings is 1. The predicted octanol–water partition coefficient (Wildman–Crippen LogP) is 3.39. The number of hydrogen-bond donors (Lipinski definition) is 1. The summed E-state index contributed by atoms with van der Waals surface area (Å²) < 4.78 is 6.03. The first-order valence-electron chi connectivity index (χ1n) is 6.63. The maximum Gasteiger partial charge on any atom is 0.0830 e. The highest BCUT2D eigenvalue weighted by molar-refractivity contribution is 7.99. The Morgan fingerprint density at radius 1 is 1.50 bits per heavy atom. The summed E-state index contributed by atoms with van der Waals surface area (Å²) in [6, 6.07) is 0. The molecule has 3 rings (SSSR count). The van der Waals surface area contributed by atoms with Crippen LogP contribution in [0.1, 0.15) is 36.5 Å². The Morgan fingerprint density at radius 3 is 3.06 bits per heavy atom. The van der Waals surface area contributed by atoms with Gasteiger partial charge in [0.2, 0.25) is 0 Å². The maximum atomic E-state index is 10.6. The second-order valence-electron chi connectivity index (χ2n) is 5.54. The number of thioether (sulfide) groups is 1. The second-order valence-corrected chi connectivity index (χ2v) is 7.39. The van der Waals surface area contributed by atoms with Gasteiger partial charge in [-0.05, 0) is 59.7 Å². The highest BCUT2D eigenvalue weighted by Crippen LogP contribution is 2.44. The van der Waals surface area contributed by atoms with Gasteiger partial charge in [-0.2, -0.15) is 23.1 Å². The standard InChI is InChI=1S/C14H20O2S2/c1-10-7-18-8-12(10)13(15)11-2-4-16-14(6-11)3-5-17-9-14/h7-8,11,13,15H,2-6,9H2,1H3. The lowest BCUT2D eigenvalue weighted by Crippen LogP contribution is -2.41. The van der Waals surface area contributed by atoms with Crippen molar-refractivity contribution in [1.82, 2.24) is 0 Å². The highest BCUT2D eigenvalue weighted by atomic mass is 32.2. The Morgan fingerprint density at radius 2 is 2.39 bits per heavy atom. The van der Waals surface area contributed by atoms with Gasteiger partial charge in [-0.15, -0.1) is 0 Å². The first-order chi connectivity index (χ1) is 8.70. The van der Waals surface area contributed by atoms with Gasteiger partial charge >= 0.3 is 0 Å². The molecule has 1 N–H and O–H groups in total. The predicted molar refractivity (Wildman–Crippen MR) is 77.4 cm³/mol. The van der Waals surface area contributed by atoms with Crippen LogP contribution < -0.4 is 0 Å². The molecule has 2 aliphatic rings. The van der Waals surface area contributed by atoms with Gasteiger partial charge in [0.25, 0.3) is 0 Å². The lowest BCUT2D eigenvalue weighted by Gasteiger charge is -2.39. The molecular formula is C14H20O2S2. The lowest BCUT2D eigenvalue weighted by molar-refractivity contribution is -0.102. The van der Waals surface area contributed by atoms with E-state index in [1.54, 1.807) is 11.3 Å². The molecular weight excluding hydrogens is 264 g/mol. The van der Waals surface area contributed by atoms with Crippen molar-refractivity contribution >= 4 is 23.1 Å². The fraction of sp³-hybridized carbons (Fsp3) is 0.714. The smallest absolute Gasteiger partial charge is 0.0830 e. The van der Waals surface area contributed by atoms with Gasteiger partial charge in [0.05, 0.1) is 11.7 Å². The Kier molecular flexibility index (Phi) is 3.72. The van der Waals surface area contributed by atoms with E-state index in [1.165, 1.54) is 11.3 Å². The molecule has 100 valence electrons. The van der Waals surface area contributed by atoms with E-state index in [-0.39, 0.29) is 11.7 Å². The van der Waals surface area contributed by atoms with Gasteiger partial charge in [0.1, 0.15) is 0 Å². The summed E-state index contributed by atoms with van der Waals surface area (Å²) in [6.45, 7) is 2.90. The largest absolute Gasteiger partial charge is 0.388 e. The quantitative estimate of drug-likeness (QED) is 0.902. The SMILES string of the molecule is Cc1cscc1C(O)C1CCOC2(CCSC2)C1. The van der Waals surface area contributed by atoms with Gasteiger partial charge < -0.3 is 9.84 Å². The molecule has 0 aliphatic carbocycles. The number of aryl methyl sites for hydroxylation is 1. The molecule has 1 aromatic heterocycles. The molecule has 2 aliphatic heterocycles. The zero-order valence-corrected chi connectivity index (χ0v) is 12.4. The molecule has 4 heteroatoms. The average molecular weight is 284 g/mol. The van der Waals surface area contributed by atoms with E-state index >= 15 is 0 Å². The van der Waals surface area contributed by atoms with Crippen molar-refractivity contribution in [2.24, 2.45) is 5.92 Å². The van der Waals surface area contributed by atoms with E-state index in [1.807, 2.05) is 11.8 Å². The van der Waals surface area contributed by atoms with Crippen molar-refractivity contribution in [1.29, 1.82) is 0 Å². The zero-order chi connectivity index (χ0) is 12.6. The summed E-state index contributed by atoms with van der Waals surface area (Å²) in [5.41, 5.74) is 2.43. The molecule has 0 amide bonds. The van der Waals surface area contributed by atoms with Crippen molar-refractivity contribution in [3.05, 3.63) is 21.9 Å². The van der Waals surface area contributed by atoms with E-state index in [0.29, 0.717) is 5.92 Å². The minimum Gasteiger partial charge on any atom is -0.388 e. The zero-order valence-electron chi connectivity index (χ0n) is 10.7. The second kappa shape index (κ2) is 5.16. The van der Waals surface area contributed by atoms with Gasteiger partial charge in [-0.3, -0.25) is 0 Å². The Hall–Kier alpha value is -0.0300. The van der Waals surface area contributed by atoms with Crippen LogP contribution in [0.4, 0.5) is 0 Å². The van der Waals surface area contributed by atoms with E-state index in [0.717, 1.165) is 37.2 Å². The Labute approximate surface area is 117 Å². The van der Waals surface area contributed by atoms with Crippen LogP contribution >= 0.6 is 23.1 Å². The van der Waals surface area contributed by atoms with Crippen LogP contribution in [0.25, 0.3) is 0 Å². The van der Waals surface area contributed by atoms with Crippen molar-refractivity contribution < 1.29 is 9.84 Å². The molecule has 2 fully saturated rings. The molecule has 3 heterocycles. The Bertz CT molecular complexity index is 410. The molecule has 18 heavy (non-hydrogen) atoms. The maximum absolute atomic E-state index is 10.6. The molecule has 1 spiro atoms. The van der Waals surface area contributed by atoms with Crippen LogP contribution in [0, 0.1) is 12.8 Å². The average Bonchev–Trinajstić information content (AvgIpc) is 2.98. The van der Waals surface area contributed by atoms with Crippen LogP contribution in [0.15, 0.2) is 10.8 Å². The van der Waals surface area contributed by atoms with E-state index in [4.69, 9.17) is 4.74 Å². The number of aliphatic hydroxyl groups is 1. The third-order valence-electron chi connectivity index (χ3n) is 4.26. The van der Waals surface area contributed by atoms with Crippen molar-refractivity contribution in [2.75, 3.05) is 18.1 Å². The van der Waals surface area contributed by atoms with Gasteiger partial charge in [0, 0.05) is 12.4 Å². The van der Waals surface area contributed by atoms with Gasteiger partial charge in [-0.1, -0.05) is 0 Å². The fourth-order valence-corrected chi connectivity index (χ4v) is 5.38. The summed E-state index contributed by atoms with van der Waals surface area (Å²) >= 11 is 3.68. The van der Waals surface area contributed by atoms with Gasteiger partial charge in [0.15, 0.2) is 0 Å². The monoisotopic (exact) mass is 284 g/mol. The minimum absolute atomic E-state index is 0.0679. The van der Waals surface area contributed by atoms with Gasteiger partial charge in [-0.25, -0.2) is 0 Å². The molecule has 3 unspecified atom stereocenters. The van der Waals surface area contributed by atoms with Crippen LogP contribution in [0.5, 0.6) is 0 Å². The summed E-state index contributed by atoms with van der Waals surface area (Å²) in [7, 11) is 0. The lowest BCUT2D eigenvalue weighted by atomic mass is 9.80. The first-order valence-corrected chi connectivity index (χ1v) is 8.72. The molecule has 0 bridgehead atoms. The van der Waals surface area contributed by atoms with Crippen molar-refractivity contribution in [3.8, 4) is 0 Å². The Balaban J connectivity index is 1.74.